The molecular formula is C23H22ClN5O2. The third-order valence-corrected chi connectivity index (χ3v) is 4.73. The maximum atomic E-state index is 12.9. The first-order valence-electron chi connectivity index (χ1n) is 9.58. The minimum atomic E-state index is -0.376. The largest absolute Gasteiger partial charge is 0.326 e. The zero-order valence-electron chi connectivity index (χ0n) is 17.1. The van der Waals surface area contributed by atoms with E-state index in [-0.39, 0.29) is 24.3 Å². The van der Waals surface area contributed by atoms with Crippen LogP contribution in [0.2, 0.25) is 5.02 Å². The smallest absolute Gasteiger partial charge is 0.258 e. The molecule has 0 unspecified atom stereocenters. The Kier molecular flexibility index (Phi) is 7.35. The number of amides is 2. The van der Waals surface area contributed by atoms with Crippen molar-refractivity contribution in [1.82, 2.24) is 10.3 Å². The standard InChI is InChI=1S/C23H22ClN5O2/c1-15-20(24)10-6-11-21(15)28-23(26-14-19-8-3-4-12-25-19)29-22(31)17-7-5-9-18(13-17)27-16(2)30/h3-13H,14H2,1-2H3,(H,27,30)(H2,26,28,29,31). The SMILES string of the molecule is CC(=O)Nc1cccc(C(=O)NC(=NCc2ccccn2)Nc2cccc(Cl)c2C)c1. The van der Waals surface area contributed by atoms with E-state index in [0.717, 1.165) is 16.9 Å². The Balaban J connectivity index is 1.84. The van der Waals surface area contributed by atoms with Crippen LogP contribution in [0.5, 0.6) is 0 Å². The van der Waals surface area contributed by atoms with Crippen LogP contribution in [0, 0.1) is 6.92 Å². The number of hydrogen-bond acceptors (Lipinski definition) is 4. The van der Waals surface area contributed by atoms with Crippen molar-refractivity contribution < 1.29 is 9.59 Å². The summed E-state index contributed by atoms with van der Waals surface area (Å²) in [6.07, 6.45) is 1.69. The van der Waals surface area contributed by atoms with Gasteiger partial charge in [0.2, 0.25) is 11.9 Å². The molecule has 0 radical (unpaired) electrons. The number of nitrogens with one attached hydrogen (secondary N) is 3. The zero-order valence-corrected chi connectivity index (χ0v) is 17.9. The molecule has 8 heteroatoms. The molecule has 0 atom stereocenters. The maximum Gasteiger partial charge on any atom is 0.258 e. The van der Waals surface area contributed by atoms with Crippen LogP contribution < -0.4 is 16.0 Å². The molecule has 0 saturated heterocycles. The predicted molar refractivity (Wildman–Crippen MR) is 123 cm³/mol. The van der Waals surface area contributed by atoms with Gasteiger partial charge in [0, 0.05) is 35.1 Å². The van der Waals surface area contributed by atoms with E-state index in [9.17, 15) is 9.59 Å². The van der Waals surface area contributed by atoms with E-state index < -0.39 is 0 Å². The number of nitrogens with zero attached hydrogens (tertiary/aromatic N) is 2. The Morgan fingerprint density at radius 1 is 1.03 bits per heavy atom. The molecule has 0 spiro atoms. The van der Waals surface area contributed by atoms with Gasteiger partial charge in [0.25, 0.3) is 5.91 Å². The third-order valence-electron chi connectivity index (χ3n) is 4.32. The summed E-state index contributed by atoms with van der Waals surface area (Å²) in [5.41, 5.74) is 3.22. The highest BCUT2D eigenvalue weighted by molar-refractivity contribution is 6.31. The Morgan fingerprint density at radius 3 is 2.58 bits per heavy atom. The second-order valence-electron chi connectivity index (χ2n) is 6.74. The van der Waals surface area contributed by atoms with Crippen LogP contribution in [0.3, 0.4) is 0 Å². The highest BCUT2D eigenvalue weighted by atomic mass is 35.5. The van der Waals surface area contributed by atoms with E-state index in [1.807, 2.05) is 37.3 Å². The van der Waals surface area contributed by atoms with Gasteiger partial charge in [0.1, 0.15) is 0 Å². The Bertz CT molecular complexity index is 1120. The van der Waals surface area contributed by atoms with Crippen LogP contribution >= 0.6 is 11.6 Å². The first kappa shape index (κ1) is 22.0. The van der Waals surface area contributed by atoms with Crippen molar-refractivity contribution >= 4 is 40.7 Å². The summed E-state index contributed by atoms with van der Waals surface area (Å²) < 4.78 is 0. The van der Waals surface area contributed by atoms with Gasteiger partial charge in [-0.15, -0.1) is 0 Å². The number of hydrogen-bond donors (Lipinski definition) is 3. The van der Waals surface area contributed by atoms with Gasteiger partial charge < -0.3 is 10.6 Å². The van der Waals surface area contributed by atoms with Crippen molar-refractivity contribution in [2.24, 2.45) is 4.99 Å². The second-order valence-corrected chi connectivity index (χ2v) is 7.15. The average molecular weight is 436 g/mol. The highest BCUT2D eigenvalue weighted by Gasteiger charge is 2.12. The van der Waals surface area contributed by atoms with Gasteiger partial charge in [0.05, 0.1) is 12.2 Å². The van der Waals surface area contributed by atoms with Crippen molar-refractivity contribution in [1.29, 1.82) is 0 Å². The van der Waals surface area contributed by atoms with Gasteiger partial charge in [-0.1, -0.05) is 29.8 Å². The molecule has 0 fully saturated rings. The number of anilines is 2. The van der Waals surface area contributed by atoms with Crippen LogP contribution in [-0.2, 0) is 11.3 Å². The minimum absolute atomic E-state index is 0.215. The molecule has 0 aliphatic carbocycles. The van der Waals surface area contributed by atoms with Gasteiger partial charge in [-0.25, -0.2) is 4.99 Å². The van der Waals surface area contributed by atoms with Crippen LogP contribution in [0.1, 0.15) is 28.5 Å². The molecule has 7 nitrogen and oxygen atoms in total. The van der Waals surface area contributed by atoms with Gasteiger partial charge in [0.15, 0.2) is 0 Å². The number of carbonyl (C=O) groups is 2. The number of benzene rings is 2. The van der Waals surface area contributed by atoms with E-state index in [1.54, 1.807) is 36.5 Å². The number of halogens is 1. The van der Waals surface area contributed by atoms with Gasteiger partial charge >= 0.3 is 0 Å². The number of aliphatic imine (C=N–C) groups is 1. The molecule has 31 heavy (non-hydrogen) atoms. The predicted octanol–water partition coefficient (Wildman–Crippen LogP) is 4.40. The Morgan fingerprint density at radius 2 is 1.84 bits per heavy atom. The lowest BCUT2D eigenvalue weighted by atomic mass is 10.2. The Labute approximate surface area is 185 Å². The summed E-state index contributed by atoms with van der Waals surface area (Å²) in [6.45, 7) is 3.56. The van der Waals surface area contributed by atoms with Crippen molar-refractivity contribution in [3.05, 3.63) is 88.7 Å². The van der Waals surface area contributed by atoms with Crippen molar-refractivity contribution in [2.75, 3.05) is 10.6 Å². The van der Waals surface area contributed by atoms with Crippen molar-refractivity contribution in [2.45, 2.75) is 20.4 Å². The number of aromatic nitrogens is 1. The van der Waals surface area contributed by atoms with E-state index in [4.69, 9.17) is 11.6 Å². The average Bonchev–Trinajstić information content (AvgIpc) is 2.75. The maximum absolute atomic E-state index is 12.9. The number of pyridine rings is 1. The quantitative estimate of drug-likeness (QED) is 0.409. The molecule has 1 aromatic heterocycles. The fourth-order valence-electron chi connectivity index (χ4n) is 2.75. The normalized spacial score (nSPS) is 11.0. The summed E-state index contributed by atoms with van der Waals surface area (Å²) >= 11 is 6.22. The molecule has 0 saturated carbocycles. The van der Waals surface area contributed by atoms with Crippen LogP contribution in [0.4, 0.5) is 11.4 Å². The van der Waals surface area contributed by atoms with Gasteiger partial charge in [-0.05, 0) is 55.0 Å². The molecule has 3 aromatic rings. The lowest BCUT2D eigenvalue weighted by Gasteiger charge is -2.14. The van der Waals surface area contributed by atoms with E-state index in [1.165, 1.54) is 6.92 Å². The molecule has 3 rings (SSSR count). The Hall–Kier alpha value is -3.71. The molecule has 3 N–H and O–H groups in total. The van der Waals surface area contributed by atoms with Crippen LogP contribution in [0.15, 0.2) is 71.9 Å². The molecule has 0 aliphatic rings. The first-order valence-corrected chi connectivity index (χ1v) is 9.95. The summed E-state index contributed by atoms with van der Waals surface area (Å²) in [6, 6.07) is 17.7. The topological polar surface area (TPSA) is 95.5 Å². The number of carbonyl (C=O) groups excluding carboxylic acids is 2. The first-order chi connectivity index (χ1) is 14.9. The lowest BCUT2D eigenvalue weighted by molar-refractivity contribution is -0.114. The fraction of sp³-hybridized carbons (Fsp3) is 0.130. The van der Waals surface area contributed by atoms with Crippen LogP contribution in [0.25, 0.3) is 0 Å². The van der Waals surface area contributed by atoms with E-state index in [2.05, 4.69) is 25.9 Å². The summed E-state index contributed by atoms with van der Waals surface area (Å²) in [5, 5.41) is 9.20. The number of guanidine groups is 1. The van der Waals surface area contributed by atoms with Crippen LogP contribution in [-0.4, -0.2) is 22.8 Å². The number of rotatable bonds is 5. The second kappa shape index (κ2) is 10.4. The van der Waals surface area contributed by atoms with E-state index in [0.29, 0.717) is 16.3 Å². The lowest BCUT2D eigenvalue weighted by Crippen LogP contribution is -2.36. The van der Waals surface area contributed by atoms with Gasteiger partial charge in [-0.2, -0.15) is 0 Å². The van der Waals surface area contributed by atoms with Crippen molar-refractivity contribution in [3.63, 3.8) is 0 Å². The molecule has 2 aromatic carbocycles. The van der Waals surface area contributed by atoms with E-state index >= 15 is 0 Å². The highest BCUT2D eigenvalue weighted by Crippen LogP contribution is 2.23. The summed E-state index contributed by atoms with van der Waals surface area (Å²) in [4.78, 5) is 32.9. The van der Waals surface area contributed by atoms with Crippen molar-refractivity contribution in [3.8, 4) is 0 Å². The minimum Gasteiger partial charge on any atom is -0.326 e. The van der Waals surface area contributed by atoms with Gasteiger partial charge in [-0.3, -0.25) is 19.9 Å². The molecular weight excluding hydrogens is 414 g/mol. The summed E-state index contributed by atoms with van der Waals surface area (Å²) in [7, 11) is 0. The molecule has 0 bridgehead atoms. The fourth-order valence-corrected chi connectivity index (χ4v) is 2.93. The molecule has 1 heterocycles. The molecule has 0 aliphatic heterocycles. The third kappa shape index (κ3) is 6.38. The molecule has 158 valence electrons. The molecule has 2 amide bonds. The zero-order chi connectivity index (χ0) is 22.2. The summed E-state index contributed by atoms with van der Waals surface area (Å²) in [5.74, 6) is -0.335. The monoisotopic (exact) mass is 435 g/mol.